The molecule has 2 aromatic heterocycles. The van der Waals surface area contributed by atoms with Gasteiger partial charge in [-0.3, -0.25) is 5.10 Å². The molecule has 4 nitrogen and oxygen atoms in total. The van der Waals surface area contributed by atoms with Crippen LogP contribution in [0.3, 0.4) is 0 Å². The summed E-state index contributed by atoms with van der Waals surface area (Å²) >= 11 is 0. The van der Waals surface area contributed by atoms with Gasteiger partial charge >= 0.3 is 0 Å². The molecule has 0 aromatic carbocycles. The van der Waals surface area contributed by atoms with E-state index in [0.717, 1.165) is 34.9 Å². The minimum atomic E-state index is 0.594. The Hall–Kier alpha value is -1.55. The molecule has 0 amide bonds. The van der Waals surface area contributed by atoms with Crippen molar-refractivity contribution in [3.63, 3.8) is 0 Å². The van der Waals surface area contributed by atoms with Gasteiger partial charge in [0, 0.05) is 12.1 Å². The van der Waals surface area contributed by atoms with Crippen LogP contribution in [0, 0.1) is 13.8 Å². The number of aromatic nitrogens is 2. The number of aromatic amines is 1. The zero-order valence-corrected chi connectivity index (χ0v) is 9.00. The average molecular weight is 205 g/mol. The molecule has 0 atom stereocenters. The van der Waals surface area contributed by atoms with Gasteiger partial charge in [0.15, 0.2) is 0 Å². The van der Waals surface area contributed by atoms with Crippen LogP contribution in [0.5, 0.6) is 0 Å². The van der Waals surface area contributed by atoms with Crippen LogP contribution >= 0.6 is 0 Å². The predicted molar refractivity (Wildman–Crippen MR) is 58.5 cm³/mol. The minimum absolute atomic E-state index is 0.594. The van der Waals surface area contributed by atoms with E-state index in [4.69, 9.17) is 10.2 Å². The molecule has 15 heavy (non-hydrogen) atoms. The first-order valence-electron chi connectivity index (χ1n) is 5.03. The van der Waals surface area contributed by atoms with Crippen LogP contribution < -0.4 is 5.73 Å². The molecule has 0 saturated heterocycles. The number of rotatable bonds is 3. The van der Waals surface area contributed by atoms with E-state index in [1.165, 1.54) is 0 Å². The second-order valence-electron chi connectivity index (χ2n) is 3.62. The number of furan rings is 1. The lowest BCUT2D eigenvalue weighted by atomic mass is 10.1. The Morgan fingerprint density at radius 2 is 2.20 bits per heavy atom. The highest BCUT2D eigenvalue weighted by Gasteiger charge is 2.14. The maximum atomic E-state index is 5.59. The fraction of sp³-hybridized carbons (Fsp3) is 0.364. The van der Waals surface area contributed by atoms with Crippen LogP contribution in [0.4, 0.5) is 0 Å². The summed E-state index contributed by atoms with van der Waals surface area (Å²) in [5, 5.41) is 7.19. The van der Waals surface area contributed by atoms with Crippen LogP contribution in [0.25, 0.3) is 11.3 Å². The number of H-pyrrole nitrogens is 1. The van der Waals surface area contributed by atoms with Gasteiger partial charge in [0.1, 0.15) is 11.5 Å². The Kier molecular flexibility index (Phi) is 2.60. The first kappa shape index (κ1) is 9.98. The molecule has 2 heterocycles. The van der Waals surface area contributed by atoms with Gasteiger partial charge in [0.2, 0.25) is 0 Å². The third kappa shape index (κ3) is 1.80. The standard InChI is InChI=1S/C11H15N3O/c1-7-3-4-10(15-7)11-8(2)13-14-9(11)5-6-12/h3-4H,5-6,12H2,1-2H3,(H,13,14). The third-order valence-corrected chi connectivity index (χ3v) is 2.39. The van der Waals surface area contributed by atoms with E-state index in [1.807, 2.05) is 26.0 Å². The minimum Gasteiger partial charge on any atom is -0.461 e. The smallest absolute Gasteiger partial charge is 0.137 e. The zero-order chi connectivity index (χ0) is 10.8. The average Bonchev–Trinajstić information content (AvgIpc) is 2.74. The van der Waals surface area contributed by atoms with E-state index in [1.54, 1.807) is 0 Å². The first-order chi connectivity index (χ1) is 7.22. The molecule has 0 bridgehead atoms. The molecule has 0 aliphatic heterocycles. The summed E-state index contributed by atoms with van der Waals surface area (Å²) in [6, 6.07) is 3.92. The van der Waals surface area contributed by atoms with Crippen molar-refractivity contribution >= 4 is 0 Å². The van der Waals surface area contributed by atoms with Gasteiger partial charge in [-0.05, 0) is 32.5 Å². The molecule has 4 heteroatoms. The molecule has 2 aromatic rings. The van der Waals surface area contributed by atoms with E-state index < -0.39 is 0 Å². The number of nitrogens with zero attached hydrogens (tertiary/aromatic N) is 1. The fourth-order valence-electron chi connectivity index (χ4n) is 1.69. The predicted octanol–water partition coefficient (Wildman–Crippen LogP) is 1.79. The quantitative estimate of drug-likeness (QED) is 0.802. The molecule has 0 radical (unpaired) electrons. The zero-order valence-electron chi connectivity index (χ0n) is 9.00. The summed E-state index contributed by atoms with van der Waals surface area (Å²) in [7, 11) is 0. The van der Waals surface area contributed by atoms with Gasteiger partial charge in [0.05, 0.1) is 11.3 Å². The van der Waals surface area contributed by atoms with Crippen LogP contribution in [-0.2, 0) is 6.42 Å². The fourth-order valence-corrected chi connectivity index (χ4v) is 1.69. The van der Waals surface area contributed by atoms with Gasteiger partial charge in [-0.2, -0.15) is 5.10 Å². The van der Waals surface area contributed by atoms with Crippen LogP contribution in [0.1, 0.15) is 17.1 Å². The maximum absolute atomic E-state index is 5.59. The van der Waals surface area contributed by atoms with Gasteiger partial charge in [-0.15, -0.1) is 0 Å². The van der Waals surface area contributed by atoms with Crippen molar-refractivity contribution in [2.75, 3.05) is 6.54 Å². The molecule has 0 aliphatic rings. The number of hydrogen-bond donors (Lipinski definition) is 2. The molecule has 0 saturated carbocycles. The molecule has 0 unspecified atom stereocenters. The Bertz CT molecular complexity index is 456. The lowest BCUT2D eigenvalue weighted by molar-refractivity contribution is 0.547. The Balaban J connectivity index is 2.46. The molecule has 80 valence electrons. The number of aryl methyl sites for hydroxylation is 2. The van der Waals surface area contributed by atoms with Gasteiger partial charge < -0.3 is 10.2 Å². The second-order valence-corrected chi connectivity index (χ2v) is 3.62. The van der Waals surface area contributed by atoms with Crippen molar-refractivity contribution in [3.8, 4) is 11.3 Å². The highest BCUT2D eigenvalue weighted by atomic mass is 16.3. The summed E-state index contributed by atoms with van der Waals surface area (Å²) in [5.41, 5.74) is 8.58. The summed E-state index contributed by atoms with van der Waals surface area (Å²) in [4.78, 5) is 0. The summed E-state index contributed by atoms with van der Waals surface area (Å²) in [6.45, 7) is 4.51. The topological polar surface area (TPSA) is 67.8 Å². The maximum Gasteiger partial charge on any atom is 0.137 e. The summed E-state index contributed by atoms with van der Waals surface area (Å²) in [5.74, 6) is 1.77. The van der Waals surface area contributed by atoms with Gasteiger partial charge in [-0.25, -0.2) is 0 Å². The lowest BCUT2D eigenvalue weighted by Gasteiger charge is -1.98. The number of nitrogens with one attached hydrogen (secondary N) is 1. The van der Waals surface area contributed by atoms with Crippen molar-refractivity contribution < 1.29 is 4.42 Å². The molecular formula is C11H15N3O. The largest absolute Gasteiger partial charge is 0.461 e. The molecule has 0 spiro atoms. The van der Waals surface area contributed by atoms with Crippen LogP contribution in [0.15, 0.2) is 16.5 Å². The van der Waals surface area contributed by atoms with Crippen molar-refractivity contribution in [1.82, 2.24) is 10.2 Å². The first-order valence-corrected chi connectivity index (χ1v) is 5.03. The van der Waals surface area contributed by atoms with Crippen molar-refractivity contribution in [1.29, 1.82) is 0 Å². The van der Waals surface area contributed by atoms with E-state index in [2.05, 4.69) is 10.2 Å². The monoisotopic (exact) mass is 205 g/mol. The molecular weight excluding hydrogens is 190 g/mol. The van der Waals surface area contributed by atoms with E-state index in [-0.39, 0.29) is 0 Å². The Morgan fingerprint density at radius 3 is 2.80 bits per heavy atom. The third-order valence-electron chi connectivity index (χ3n) is 2.39. The second kappa shape index (κ2) is 3.90. The molecule has 0 fully saturated rings. The van der Waals surface area contributed by atoms with E-state index >= 15 is 0 Å². The van der Waals surface area contributed by atoms with E-state index in [9.17, 15) is 0 Å². The van der Waals surface area contributed by atoms with E-state index in [0.29, 0.717) is 6.54 Å². The molecule has 0 aliphatic carbocycles. The Morgan fingerprint density at radius 1 is 1.40 bits per heavy atom. The summed E-state index contributed by atoms with van der Waals surface area (Å²) in [6.07, 6.45) is 0.763. The number of nitrogens with two attached hydrogens (primary N) is 1. The SMILES string of the molecule is Cc1ccc(-c2c(CCN)n[nH]c2C)o1. The molecule has 2 rings (SSSR count). The molecule has 3 N–H and O–H groups in total. The van der Waals surface area contributed by atoms with Crippen molar-refractivity contribution in [3.05, 3.63) is 29.3 Å². The number of hydrogen-bond acceptors (Lipinski definition) is 3. The van der Waals surface area contributed by atoms with Crippen LogP contribution in [0.2, 0.25) is 0 Å². The van der Waals surface area contributed by atoms with Crippen LogP contribution in [-0.4, -0.2) is 16.7 Å². The highest BCUT2D eigenvalue weighted by molar-refractivity contribution is 5.63. The summed E-state index contributed by atoms with van der Waals surface area (Å²) < 4.78 is 5.59. The van der Waals surface area contributed by atoms with Crippen molar-refractivity contribution in [2.45, 2.75) is 20.3 Å². The lowest BCUT2D eigenvalue weighted by Crippen LogP contribution is -2.03. The van der Waals surface area contributed by atoms with Gasteiger partial charge in [-0.1, -0.05) is 0 Å². The van der Waals surface area contributed by atoms with Gasteiger partial charge in [0.25, 0.3) is 0 Å². The highest BCUT2D eigenvalue weighted by Crippen LogP contribution is 2.27. The Labute approximate surface area is 88.5 Å². The normalized spacial score (nSPS) is 10.9. The van der Waals surface area contributed by atoms with Crippen molar-refractivity contribution in [2.24, 2.45) is 5.73 Å².